The first-order chi connectivity index (χ1) is 18.0. The fraction of sp³-hybridized carbons (Fsp3) is 0.370. The third kappa shape index (κ3) is 5.89. The molecule has 1 aliphatic carbocycles. The molecule has 3 N–H and O–H groups in total. The lowest BCUT2D eigenvalue weighted by atomic mass is 9.93. The van der Waals surface area contributed by atoms with Crippen LogP contribution in [-0.2, 0) is 0 Å². The molecule has 0 spiro atoms. The number of hydrogen-bond acceptors (Lipinski definition) is 8. The minimum atomic E-state index is -0.365. The predicted molar refractivity (Wildman–Crippen MR) is 149 cm³/mol. The van der Waals surface area contributed by atoms with Crippen molar-refractivity contribution in [1.82, 2.24) is 14.9 Å². The molecule has 37 heavy (non-hydrogen) atoms. The van der Waals surface area contributed by atoms with Crippen LogP contribution in [0.5, 0.6) is 5.75 Å². The molecule has 9 nitrogen and oxygen atoms in total. The number of carbonyl (C=O) groups is 1. The van der Waals surface area contributed by atoms with Gasteiger partial charge in [0.05, 0.1) is 12.1 Å². The van der Waals surface area contributed by atoms with Gasteiger partial charge in [-0.15, -0.1) is 0 Å². The molecule has 2 fully saturated rings. The molecule has 1 saturated heterocycles. The average molecular weight is 522 g/mol. The zero-order valence-corrected chi connectivity index (χ0v) is 21.9. The molecule has 1 saturated carbocycles. The molecule has 5 rings (SSSR count). The second-order valence-corrected chi connectivity index (χ2v) is 9.87. The molecule has 0 bridgehead atoms. The van der Waals surface area contributed by atoms with Crippen LogP contribution in [0.2, 0.25) is 5.02 Å². The zero-order valence-electron chi connectivity index (χ0n) is 21.1. The van der Waals surface area contributed by atoms with Crippen LogP contribution in [0.1, 0.15) is 29.6 Å². The van der Waals surface area contributed by atoms with E-state index in [4.69, 9.17) is 16.3 Å². The van der Waals surface area contributed by atoms with Crippen LogP contribution in [0.15, 0.2) is 48.7 Å². The summed E-state index contributed by atoms with van der Waals surface area (Å²) in [5.41, 5.74) is 2.83. The molecule has 1 aliphatic heterocycles. The molecule has 3 aromatic rings. The van der Waals surface area contributed by atoms with Gasteiger partial charge in [0.2, 0.25) is 5.95 Å². The Morgan fingerprint density at radius 2 is 1.84 bits per heavy atom. The summed E-state index contributed by atoms with van der Waals surface area (Å²) in [6.45, 7) is 4.17. The molecule has 2 aromatic carbocycles. The zero-order chi connectivity index (χ0) is 25.8. The number of hydrogen-bond donors (Lipinski definition) is 3. The molecule has 0 atom stereocenters. The Hall–Kier alpha value is -3.56. The van der Waals surface area contributed by atoms with E-state index in [2.05, 4.69) is 54.9 Å². The molecule has 10 heteroatoms. The number of amides is 1. The maximum atomic E-state index is 13.2. The number of piperazine rings is 1. The van der Waals surface area contributed by atoms with E-state index in [1.807, 2.05) is 12.1 Å². The van der Waals surface area contributed by atoms with Crippen LogP contribution < -0.4 is 25.6 Å². The highest BCUT2D eigenvalue weighted by Gasteiger charge is 2.23. The van der Waals surface area contributed by atoms with E-state index in [-0.39, 0.29) is 11.9 Å². The minimum Gasteiger partial charge on any atom is -0.495 e. The maximum absolute atomic E-state index is 13.2. The molecular weight excluding hydrogens is 490 g/mol. The van der Waals surface area contributed by atoms with Crippen molar-refractivity contribution in [3.8, 4) is 5.75 Å². The van der Waals surface area contributed by atoms with E-state index < -0.39 is 0 Å². The Balaban J connectivity index is 1.33. The summed E-state index contributed by atoms with van der Waals surface area (Å²) < 4.78 is 5.36. The monoisotopic (exact) mass is 521 g/mol. The maximum Gasteiger partial charge on any atom is 0.261 e. The SMILES string of the molecule is COc1cccc(Cl)c1NC(=O)c1cnc(Nc2ccc(N3CCN(C)CC3)cc2)nc1NC1CCC1. The van der Waals surface area contributed by atoms with Gasteiger partial charge in [0.15, 0.2) is 0 Å². The largest absolute Gasteiger partial charge is 0.495 e. The van der Waals surface area contributed by atoms with Crippen molar-refractivity contribution in [2.75, 3.05) is 61.2 Å². The van der Waals surface area contributed by atoms with Gasteiger partial charge < -0.3 is 30.5 Å². The Morgan fingerprint density at radius 1 is 1.08 bits per heavy atom. The van der Waals surface area contributed by atoms with Crippen molar-refractivity contribution in [2.24, 2.45) is 0 Å². The van der Waals surface area contributed by atoms with Crippen molar-refractivity contribution in [3.05, 3.63) is 59.2 Å². The summed E-state index contributed by atoms with van der Waals surface area (Å²) >= 11 is 6.32. The number of likely N-dealkylation sites (N-methyl/N-ethyl adjacent to an activating group) is 1. The Bertz CT molecular complexity index is 1240. The molecule has 1 amide bonds. The highest BCUT2D eigenvalue weighted by molar-refractivity contribution is 6.34. The van der Waals surface area contributed by atoms with Gasteiger partial charge in [0.25, 0.3) is 5.91 Å². The first-order valence-corrected chi connectivity index (χ1v) is 13.0. The van der Waals surface area contributed by atoms with Crippen LogP contribution in [-0.4, -0.2) is 67.2 Å². The van der Waals surface area contributed by atoms with Crippen LogP contribution in [0, 0.1) is 0 Å². The van der Waals surface area contributed by atoms with Crippen LogP contribution in [0.25, 0.3) is 0 Å². The van der Waals surface area contributed by atoms with Gasteiger partial charge in [-0.2, -0.15) is 4.98 Å². The highest BCUT2D eigenvalue weighted by atomic mass is 35.5. The summed E-state index contributed by atoms with van der Waals surface area (Å²) in [5.74, 6) is 1.02. The topological polar surface area (TPSA) is 94.6 Å². The predicted octanol–water partition coefficient (Wildman–Crippen LogP) is 4.85. The summed E-state index contributed by atoms with van der Waals surface area (Å²) in [6.07, 6.45) is 4.78. The number of halogens is 1. The Morgan fingerprint density at radius 3 is 2.51 bits per heavy atom. The number of aromatic nitrogens is 2. The minimum absolute atomic E-state index is 0.284. The number of ether oxygens (including phenoxy) is 1. The van der Waals surface area contributed by atoms with E-state index in [0.717, 1.165) is 51.1 Å². The lowest BCUT2D eigenvalue weighted by Crippen LogP contribution is -2.44. The van der Waals surface area contributed by atoms with Gasteiger partial charge in [-0.3, -0.25) is 4.79 Å². The normalized spacial score (nSPS) is 16.1. The average Bonchev–Trinajstić information content (AvgIpc) is 2.88. The number of nitrogens with one attached hydrogen (secondary N) is 3. The van der Waals surface area contributed by atoms with E-state index in [9.17, 15) is 4.79 Å². The van der Waals surface area contributed by atoms with Crippen molar-refractivity contribution in [2.45, 2.75) is 25.3 Å². The van der Waals surface area contributed by atoms with Gasteiger partial charge in [-0.05, 0) is 62.7 Å². The smallest absolute Gasteiger partial charge is 0.261 e. The lowest BCUT2D eigenvalue weighted by molar-refractivity contribution is 0.102. The van der Waals surface area contributed by atoms with Crippen molar-refractivity contribution < 1.29 is 9.53 Å². The van der Waals surface area contributed by atoms with Crippen LogP contribution in [0.3, 0.4) is 0 Å². The fourth-order valence-corrected chi connectivity index (χ4v) is 4.60. The van der Waals surface area contributed by atoms with Gasteiger partial charge in [-0.25, -0.2) is 4.98 Å². The Kier molecular flexibility index (Phi) is 7.62. The molecule has 0 radical (unpaired) electrons. The molecular formula is C27H32ClN7O2. The van der Waals surface area contributed by atoms with Gasteiger partial charge >= 0.3 is 0 Å². The van der Waals surface area contributed by atoms with Crippen LogP contribution >= 0.6 is 11.6 Å². The number of methoxy groups -OCH3 is 1. The molecule has 0 unspecified atom stereocenters. The number of para-hydroxylation sites is 1. The third-order valence-corrected chi connectivity index (χ3v) is 7.22. The second-order valence-electron chi connectivity index (χ2n) is 9.46. The van der Waals surface area contributed by atoms with Gasteiger partial charge in [-0.1, -0.05) is 17.7 Å². The second kappa shape index (κ2) is 11.2. The molecule has 2 aliphatic rings. The van der Waals surface area contributed by atoms with E-state index >= 15 is 0 Å². The number of rotatable bonds is 8. The summed E-state index contributed by atoms with van der Waals surface area (Å²) in [7, 11) is 3.69. The summed E-state index contributed by atoms with van der Waals surface area (Å²) in [6, 6.07) is 13.8. The first-order valence-electron chi connectivity index (χ1n) is 12.6. The Labute approximate surface area is 222 Å². The van der Waals surface area contributed by atoms with Gasteiger partial charge in [0, 0.05) is 49.8 Å². The fourth-order valence-electron chi connectivity index (χ4n) is 4.39. The highest BCUT2D eigenvalue weighted by Crippen LogP contribution is 2.33. The molecule has 194 valence electrons. The standard InChI is InChI=1S/C27H32ClN7O2/c1-34-13-15-35(16-14-34)20-11-9-19(10-12-20)31-27-29-17-21(25(33-27)30-18-5-3-6-18)26(36)32-24-22(28)7-4-8-23(24)37-2/h4,7-12,17-18H,3,5-6,13-16H2,1-2H3,(H,32,36)(H2,29,30,31,33). The lowest BCUT2D eigenvalue weighted by Gasteiger charge is -2.34. The quantitative estimate of drug-likeness (QED) is 0.387. The van der Waals surface area contributed by atoms with Crippen LogP contribution in [0.4, 0.5) is 28.8 Å². The van der Waals surface area contributed by atoms with E-state index in [0.29, 0.717) is 33.8 Å². The third-order valence-electron chi connectivity index (χ3n) is 6.91. The van der Waals surface area contributed by atoms with Crippen molar-refractivity contribution in [1.29, 1.82) is 0 Å². The molecule has 1 aromatic heterocycles. The number of anilines is 5. The van der Waals surface area contributed by atoms with E-state index in [1.165, 1.54) is 19.0 Å². The van der Waals surface area contributed by atoms with Crippen molar-refractivity contribution in [3.63, 3.8) is 0 Å². The van der Waals surface area contributed by atoms with Gasteiger partial charge in [0.1, 0.15) is 22.8 Å². The summed E-state index contributed by atoms with van der Waals surface area (Å²) in [5, 5.41) is 9.93. The first kappa shape index (κ1) is 25.1. The number of benzene rings is 2. The van der Waals surface area contributed by atoms with E-state index in [1.54, 1.807) is 18.2 Å². The molecule has 2 heterocycles. The number of carbonyl (C=O) groups excluding carboxylic acids is 1. The number of nitrogens with zero attached hydrogens (tertiary/aromatic N) is 4. The summed E-state index contributed by atoms with van der Waals surface area (Å²) in [4.78, 5) is 27.1. The van der Waals surface area contributed by atoms with Crippen molar-refractivity contribution >= 4 is 46.3 Å².